The van der Waals surface area contributed by atoms with Crippen molar-refractivity contribution in [2.24, 2.45) is 5.41 Å². The number of likely N-dealkylation sites (N-methyl/N-ethyl adjacent to an activating group) is 1. The lowest BCUT2D eigenvalue weighted by molar-refractivity contribution is 0.0634. The summed E-state index contributed by atoms with van der Waals surface area (Å²) in [6.07, 6.45) is 0.469. The molecule has 1 N–H and O–H groups in total. The molecule has 1 unspecified atom stereocenters. The second kappa shape index (κ2) is 4.43. The van der Waals surface area contributed by atoms with Crippen LogP contribution in [0.5, 0.6) is 0 Å². The van der Waals surface area contributed by atoms with E-state index in [4.69, 9.17) is 0 Å². The van der Waals surface area contributed by atoms with E-state index in [2.05, 4.69) is 57.0 Å². The molecule has 17 heavy (non-hydrogen) atoms. The third-order valence-electron chi connectivity index (χ3n) is 3.69. The van der Waals surface area contributed by atoms with Crippen LogP contribution in [-0.4, -0.2) is 29.7 Å². The highest BCUT2D eigenvalue weighted by Gasteiger charge is 2.33. The molecule has 0 spiro atoms. The molecule has 0 bridgehead atoms. The first-order valence-corrected chi connectivity index (χ1v) is 6.35. The molecule has 1 aromatic rings. The van der Waals surface area contributed by atoms with Gasteiger partial charge in [-0.3, -0.25) is 4.90 Å². The minimum Gasteiger partial charge on any atom is -0.392 e. The molecule has 2 heteroatoms. The molecule has 0 aliphatic carbocycles. The summed E-state index contributed by atoms with van der Waals surface area (Å²) in [7, 11) is 2.14. The van der Waals surface area contributed by atoms with Crippen LogP contribution in [0.4, 0.5) is 0 Å². The number of hydrogen-bond acceptors (Lipinski definition) is 2. The van der Waals surface area contributed by atoms with E-state index in [1.54, 1.807) is 0 Å². The Morgan fingerprint density at radius 1 is 1.35 bits per heavy atom. The van der Waals surface area contributed by atoms with Crippen LogP contribution in [0.3, 0.4) is 0 Å². The van der Waals surface area contributed by atoms with E-state index in [1.807, 2.05) is 0 Å². The van der Waals surface area contributed by atoms with Crippen molar-refractivity contribution in [1.82, 2.24) is 4.90 Å². The molecular formula is C15H23NO. The number of hydrogen-bond donors (Lipinski definition) is 1. The van der Waals surface area contributed by atoms with Gasteiger partial charge in [0.2, 0.25) is 0 Å². The fourth-order valence-electron chi connectivity index (χ4n) is 2.12. The van der Waals surface area contributed by atoms with Crippen LogP contribution in [0.15, 0.2) is 24.3 Å². The highest BCUT2D eigenvalue weighted by Crippen LogP contribution is 2.35. The van der Waals surface area contributed by atoms with Crippen molar-refractivity contribution in [3.63, 3.8) is 0 Å². The van der Waals surface area contributed by atoms with Crippen molar-refractivity contribution in [2.45, 2.75) is 39.3 Å². The topological polar surface area (TPSA) is 23.2 Å². The van der Waals surface area contributed by atoms with E-state index in [1.165, 1.54) is 11.1 Å². The normalized spacial score (nSPS) is 25.7. The van der Waals surface area contributed by atoms with Gasteiger partial charge in [-0.25, -0.2) is 0 Å². The number of aliphatic hydroxyl groups is 1. The Hall–Kier alpha value is -0.860. The summed E-state index contributed by atoms with van der Waals surface area (Å²) in [4.78, 5) is 2.32. The summed E-state index contributed by atoms with van der Waals surface area (Å²) in [5.74, 6) is 0. The zero-order valence-corrected chi connectivity index (χ0v) is 11.3. The molecule has 1 saturated heterocycles. The zero-order valence-electron chi connectivity index (χ0n) is 11.3. The minimum absolute atomic E-state index is 0.0530. The third kappa shape index (κ3) is 2.88. The van der Waals surface area contributed by atoms with Gasteiger partial charge in [-0.1, -0.05) is 45.0 Å². The Bertz CT molecular complexity index is 394. The molecule has 3 atom stereocenters. The summed E-state index contributed by atoms with van der Waals surface area (Å²) < 4.78 is 0. The van der Waals surface area contributed by atoms with Gasteiger partial charge in [-0.05, 0) is 30.0 Å². The van der Waals surface area contributed by atoms with Gasteiger partial charge < -0.3 is 5.11 Å². The summed E-state index contributed by atoms with van der Waals surface area (Å²) in [5, 5.41) is 10.2. The third-order valence-corrected chi connectivity index (χ3v) is 3.69. The van der Waals surface area contributed by atoms with Crippen molar-refractivity contribution >= 4 is 0 Å². The standard InChI is InChI=1S/C15H23NO/c1-15(2,3)14(17)9-11-7-5-6-8-12(11)13-10-16(13)4/h5-8,13-14,17H,9-10H2,1-4H3/t13-,14-,16?/m0/s1. The second-order valence-electron chi connectivity index (χ2n) is 6.24. The van der Waals surface area contributed by atoms with Crippen LogP contribution in [-0.2, 0) is 6.42 Å². The molecule has 1 aliphatic rings. The van der Waals surface area contributed by atoms with Crippen LogP contribution >= 0.6 is 0 Å². The molecule has 2 nitrogen and oxygen atoms in total. The van der Waals surface area contributed by atoms with E-state index in [-0.39, 0.29) is 11.5 Å². The summed E-state index contributed by atoms with van der Waals surface area (Å²) in [6.45, 7) is 7.40. The van der Waals surface area contributed by atoms with Gasteiger partial charge in [-0.2, -0.15) is 0 Å². The van der Waals surface area contributed by atoms with E-state index < -0.39 is 0 Å². The summed E-state index contributed by atoms with van der Waals surface area (Å²) in [5.41, 5.74) is 2.63. The van der Waals surface area contributed by atoms with Crippen molar-refractivity contribution in [1.29, 1.82) is 0 Å². The van der Waals surface area contributed by atoms with Gasteiger partial charge >= 0.3 is 0 Å². The Labute approximate surface area is 104 Å². The Balaban J connectivity index is 2.16. The average molecular weight is 233 g/mol. The second-order valence-corrected chi connectivity index (χ2v) is 6.24. The zero-order chi connectivity index (χ0) is 12.6. The van der Waals surface area contributed by atoms with Crippen molar-refractivity contribution in [3.8, 4) is 0 Å². The maximum Gasteiger partial charge on any atom is 0.0628 e. The SMILES string of the molecule is CN1C[C@H]1c1ccccc1C[C@H](O)C(C)(C)C. The number of benzene rings is 1. The van der Waals surface area contributed by atoms with E-state index in [0.29, 0.717) is 6.04 Å². The molecule has 0 amide bonds. The Morgan fingerprint density at radius 2 is 1.94 bits per heavy atom. The van der Waals surface area contributed by atoms with Crippen molar-refractivity contribution in [2.75, 3.05) is 13.6 Å². The fourth-order valence-corrected chi connectivity index (χ4v) is 2.12. The molecule has 0 radical (unpaired) electrons. The predicted octanol–water partition coefficient (Wildman–Crippen LogP) is 2.62. The minimum atomic E-state index is -0.285. The van der Waals surface area contributed by atoms with Gasteiger partial charge in [0, 0.05) is 12.6 Å². The maximum absolute atomic E-state index is 10.2. The predicted molar refractivity (Wildman–Crippen MR) is 71.0 cm³/mol. The highest BCUT2D eigenvalue weighted by atomic mass is 16.3. The summed E-state index contributed by atoms with van der Waals surface area (Å²) in [6, 6.07) is 9.07. The molecule has 1 aliphatic heterocycles. The van der Waals surface area contributed by atoms with Crippen LogP contribution in [0.1, 0.15) is 37.9 Å². The first-order valence-electron chi connectivity index (χ1n) is 6.35. The maximum atomic E-state index is 10.2. The lowest BCUT2D eigenvalue weighted by Gasteiger charge is -2.26. The number of nitrogens with zero attached hydrogens (tertiary/aromatic N) is 1. The van der Waals surface area contributed by atoms with Crippen molar-refractivity contribution < 1.29 is 5.11 Å². The van der Waals surface area contributed by atoms with Crippen molar-refractivity contribution in [3.05, 3.63) is 35.4 Å². The Morgan fingerprint density at radius 3 is 2.47 bits per heavy atom. The molecule has 94 valence electrons. The van der Waals surface area contributed by atoms with Gasteiger partial charge in [0.25, 0.3) is 0 Å². The molecule has 1 fully saturated rings. The van der Waals surface area contributed by atoms with Crippen LogP contribution in [0, 0.1) is 5.41 Å². The molecule has 0 aromatic heterocycles. The average Bonchev–Trinajstić information content (AvgIpc) is 2.95. The van der Waals surface area contributed by atoms with Crippen LogP contribution < -0.4 is 0 Å². The van der Waals surface area contributed by atoms with E-state index in [0.717, 1.165) is 13.0 Å². The number of rotatable bonds is 3. The highest BCUT2D eigenvalue weighted by molar-refractivity contribution is 5.33. The first kappa shape index (κ1) is 12.6. The van der Waals surface area contributed by atoms with Gasteiger partial charge in [0.15, 0.2) is 0 Å². The molecule has 0 saturated carbocycles. The molecule has 2 rings (SSSR count). The quantitative estimate of drug-likeness (QED) is 0.811. The first-order chi connectivity index (χ1) is 7.89. The monoisotopic (exact) mass is 233 g/mol. The number of aliphatic hydroxyl groups excluding tert-OH is 1. The van der Waals surface area contributed by atoms with Crippen LogP contribution in [0.2, 0.25) is 0 Å². The largest absolute Gasteiger partial charge is 0.392 e. The van der Waals surface area contributed by atoms with Gasteiger partial charge in [-0.15, -0.1) is 0 Å². The smallest absolute Gasteiger partial charge is 0.0628 e. The fraction of sp³-hybridized carbons (Fsp3) is 0.600. The van der Waals surface area contributed by atoms with Gasteiger partial charge in [0.05, 0.1) is 6.10 Å². The molecule has 1 heterocycles. The van der Waals surface area contributed by atoms with Gasteiger partial charge in [0.1, 0.15) is 0 Å². The van der Waals surface area contributed by atoms with Crippen LogP contribution in [0.25, 0.3) is 0 Å². The van der Waals surface area contributed by atoms with E-state index in [9.17, 15) is 5.11 Å². The lowest BCUT2D eigenvalue weighted by atomic mass is 9.84. The lowest BCUT2D eigenvalue weighted by Crippen LogP contribution is -2.28. The summed E-state index contributed by atoms with van der Waals surface area (Å²) >= 11 is 0. The molecule has 1 aromatic carbocycles. The Kier molecular flexibility index (Phi) is 3.28. The van der Waals surface area contributed by atoms with E-state index >= 15 is 0 Å². The molecular weight excluding hydrogens is 210 g/mol.